The van der Waals surface area contributed by atoms with Gasteiger partial charge in [-0.25, -0.2) is 4.98 Å². The van der Waals surface area contributed by atoms with E-state index in [0.717, 1.165) is 40.5 Å². The van der Waals surface area contributed by atoms with E-state index < -0.39 is 0 Å². The zero-order valence-electron chi connectivity index (χ0n) is 13.2. The fourth-order valence-corrected chi connectivity index (χ4v) is 3.70. The van der Waals surface area contributed by atoms with Crippen molar-refractivity contribution >= 4 is 45.1 Å². The maximum absolute atomic E-state index is 4.65. The molecular weight excluding hydrogens is 300 g/mol. The number of nitrogens with zero attached hydrogens (tertiary/aromatic N) is 2. The highest BCUT2D eigenvalue weighted by atomic mass is 32.2. The van der Waals surface area contributed by atoms with Crippen LogP contribution in [-0.4, -0.2) is 34.1 Å². The molecule has 0 aromatic carbocycles. The van der Waals surface area contributed by atoms with Crippen molar-refractivity contribution in [2.45, 2.75) is 40.2 Å². The Morgan fingerprint density at radius 2 is 2.10 bits per heavy atom. The number of hydrogen-bond acceptors (Lipinski definition) is 6. The van der Waals surface area contributed by atoms with E-state index in [4.69, 9.17) is 0 Å². The number of anilines is 2. The second kappa shape index (κ2) is 7.84. The quantitative estimate of drug-likeness (QED) is 0.760. The molecule has 0 aliphatic heterocycles. The van der Waals surface area contributed by atoms with Crippen LogP contribution in [0.15, 0.2) is 6.07 Å². The van der Waals surface area contributed by atoms with Gasteiger partial charge in [0.1, 0.15) is 10.6 Å². The molecule has 1 atom stereocenters. The number of fused-ring (bicyclic) bond motifs is 1. The molecule has 2 heterocycles. The number of nitrogens with one attached hydrogen (secondary N) is 2. The molecule has 0 saturated heterocycles. The van der Waals surface area contributed by atoms with Gasteiger partial charge in [0.15, 0.2) is 0 Å². The Bertz CT molecular complexity index is 582. The van der Waals surface area contributed by atoms with Gasteiger partial charge in [-0.2, -0.15) is 16.7 Å². The Hall–Kier alpha value is -1.01. The molecule has 0 fully saturated rings. The number of aromatic nitrogens is 2. The van der Waals surface area contributed by atoms with Crippen molar-refractivity contribution in [2.75, 3.05) is 28.7 Å². The van der Waals surface area contributed by atoms with Gasteiger partial charge in [-0.3, -0.25) is 0 Å². The summed E-state index contributed by atoms with van der Waals surface area (Å²) in [5.41, 5.74) is 0. The normalized spacial score (nSPS) is 12.6. The van der Waals surface area contributed by atoms with E-state index in [9.17, 15) is 0 Å². The van der Waals surface area contributed by atoms with Crippen molar-refractivity contribution in [3.05, 3.63) is 10.9 Å². The lowest BCUT2D eigenvalue weighted by atomic mass is 10.3. The summed E-state index contributed by atoms with van der Waals surface area (Å²) < 4.78 is 0. The van der Waals surface area contributed by atoms with Crippen molar-refractivity contribution in [1.29, 1.82) is 0 Å². The third-order valence-corrected chi connectivity index (χ3v) is 5.40. The molecule has 2 aromatic rings. The summed E-state index contributed by atoms with van der Waals surface area (Å²) >= 11 is 3.71. The molecule has 0 aliphatic carbocycles. The Kier molecular flexibility index (Phi) is 6.11. The Morgan fingerprint density at radius 3 is 2.76 bits per heavy atom. The van der Waals surface area contributed by atoms with Crippen LogP contribution in [0.2, 0.25) is 0 Å². The number of rotatable bonds is 8. The summed E-state index contributed by atoms with van der Waals surface area (Å²) in [5.74, 6) is 3.90. The molecule has 0 spiro atoms. The molecule has 1 unspecified atom stereocenters. The van der Waals surface area contributed by atoms with Gasteiger partial charge in [0.2, 0.25) is 5.95 Å². The largest absolute Gasteiger partial charge is 0.366 e. The van der Waals surface area contributed by atoms with E-state index in [0.29, 0.717) is 12.0 Å². The van der Waals surface area contributed by atoms with Crippen molar-refractivity contribution in [2.24, 2.45) is 0 Å². The first-order valence-electron chi connectivity index (χ1n) is 7.56. The highest BCUT2D eigenvalue weighted by molar-refractivity contribution is 7.99. The van der Waals surface area contributed by atoms with Crippen LogP contribution in [0.25, 0.3) is 10.2 Å². The van der Waals surface area contributed by atoms with E-state index in [1.807, 2.05) is 11.8 Å². The Balaban J connectivity index is 2.31. The zero-order valence-corrected chi connectivity index (χ0v) is 14.8. The molecule has 6 heteroatoms. The third-order valence-electron chi connectivity index (χ3n) is 3.08. The van der Waals surface area contributed by atoms with Crippen molar-refractivity contribution in [3.8, 4) is 0 Å². The van der Waals surface area contributed by atoms with Crippen LogP contribution >= 0.6 is 23.1 Å². The lowest BCUT2D eigenvalue weighted by Crippen LogP contribution is -2.19. The lowest BCUT2D eigenvalue weighted by Gasteiger charge is -2.15. The molecule has 2 N–H and O–H groups in total. The number of thioether (sulfide) groups is 1. The minimum absolute atomic E-state index is 0.396. The molecule has 0 radical (unpaired) electrons. The lowest BCUT2D eigenvalue weighted by molar-refractivity contribution is 0.903. The monoisotopic (exact) mass is 324 g/mol. The third kappa shape index (κ3) is 4.23. The van der Waals surface area contributed by atoms with Gasteiger partial charge < -0.3 is 10.6 Å². The highest BCUT2D eigenvalue weighted by Gasteiger charge is 2.13. The van der Waals surface area contributed by atoms with Crippen LogP contribution in [0.5, 0.6) is 0 Å². The molecule has 4 nitrogen and oxygen atoms in total. The van der Waals surface area contributed by atoms with Crippen LogP contribution in [-0.2, 0) is 6.42 Å². The standard InChI is InChI=1S/C15H24N4S2/c1-5-11-8-12-13(17-10(4)9-20-7-3)18-15(16-6-2)19-14(12)21-11/h8,10H,5-7,9H2,1-4H3,(H2,16,17,18,19). The van der Waals surface area contributed by atoms with Crippen LogP contribution in [0.1, 0.15) is 32.6 Å². The summed E-state index contributed by atoms with van der Waals surface area (Å²) in [6.07, 6.45) is 1.04. The van der Waals surface area contributed by atoms with Crippen LogP contribution in [0, 0.1) is 0 Å². The van der Waals surface area contributed by atoms with Gasteiger partial charge in [-0.1, -0.05) is 13.8 Å². The van der Waals surface area contributed by atoms with Crippen LogP contribution in [0.3, 0.4) is 0 Å². The summed E-state index contributed by atoms with van der Waals surface area (Å²) in [4.78, 5) is 11.7. The minimum Gasteiger partial charge on any atom is -0.366 e. The van der Waals surface area contributed by atoms with Gasteiger partial charge in [0.05, 0.1) is 5.39 Å². The SMILES string of the molecule is CCNc1nc(NC(C)CSCC)c2cc(CC)sc2n1. The minimum atomic E-state index is 0.396. The van der Waals surface area contributed by atoms with Gasteiger partial charge in [0.25, 0.3) is 0 Å². The predicted octanol–water partition coefficient (Wildman–Crippen LogP) is 4.24. The number of hydrogen-bond donors (Lipinski definition) is 2. The van der Waals surface area contributed by atoms with E-state index in [1.165, 1.54) is 4.88 Å². The fraction of sp³-hybridized carbons (Fsp3) is 0.600. The molecule has 0 saturated carbocycles. The van der Waals surface area contributed by atoms with Crippen molar-refractivity contribution < 1.29 is 0 Å². The molecule has 21 heavy (non-hydrogen) atoms. The zero-order chi connectivity index (χ0) is 15.2. The first-order chi connectivity index (χ1) is 10.2. The van der Waals surface area contributed by atoms with Gasteiger partial charge in [-0.05, 0) is 32.1 Å². The predicted molar refractivity (Wildman–Crippen MR) is 97.0 cm³/mol. The molecule has 0 bridgehead atoms. The second-order valence-electron chi connectivity index (χ2n) is 4.92. The molecule has 2 aromatic heterocycles. The summed E-state index contributed by atoms with van der Waals surface area (Å²) in [6.45, 7) is 9.47. The van der Waals surface area contributed by atoms with E-state index in [1.54, 1.807) is 11.3 Å². The molecule has 0 amide bonds. The van der Waals surface area contributed by atoms with Crippen molar-refractivity contribution in [3.63, 3.8) is 0 Å². The van der Waals surface area contributed by atoms with Gasteiger partial charge in [-0.15, -0.1) is 11.3 Å². The van der Waals surface area contributed by atoms with Gasteiger partial charge >= 0.3 is 0 Å². The smallest absolute Gasteiger partial charge is 0.226 e. The molecule has 0 aliphatic rings. The van der Waals surface area contributed by atoms with Crippen LogP contribution < -0.4 is 10.6 Å². The summed E-state index contributed by atoms with van der Waals surface area (Å²) in [5, 5.41) is 7.92. The first kappa shape index (κ1) is 16.4. The second-order valence-corrected chi connectivity index (χ2v) is 7.35. The Morgan fingerprint density at radius 1 is 1.29 bits per heavy atom. The maximum Gasteiger partial charge on any atom is 0.226 e. The van der Waals surface area contributed by atoms with Crippen molar-refractivity contribution in [1.82, 2.24) is 9.97 Å². The van der Waals surface area contributed by atoms with E-state index in [-0.39, 0.29) is 0 Å². The average molecular weight is 325 g/mol. The maximum atomic E-state index is 4.65. The van der Waals surface area contributed by atoms with E-state index >= 15 is 0 Å². The van der Waals surface area contributed by atoms with E-state index in [2.05, 4.69) is 54.4 Å². The fourth-order valence-electron chi connectivity index (χ4n) is 2.06. The highest BCUT2D eigenvalue weighted by Crippen LogP contribution is 2.30. The van der Waals surface area contributed by atoms with Crippen LogP contribution in [0.4, 0.5) is 11.8 Å². The summed E-state index contributed by atoms with van der Waals surface area (Å²) in [6, 6.07) is 2.62. The topological polar surface area (TPSA) is 49.8 Å². The molecule has 116 valence electrons. The molecular formula is C15H24N4S2. The Labute approximate surface area is 135 Å². The molecule has 2 rings (SSSR count). The average Bonchev–Trinajstić information content (AvgIpc) is 2.89. The van der Waals surface area contributed by atoms with Gasteiger partial charge in [0, 0.05) is 23.2 Å². The first-order valence-corrected chi connectivity index (χ1v) is 9.53. The number of thiophene rings is 1. The number of aryl methyl sites for hydroxylation is 1. The summed E-state index contributed by atoms with van der Waals surface area (Å²) in [7, 11) is 0.